The molecule has 0 fully saturated rings. The van der Waals surface area contributed by atoms with Crippen LogP contribution in [0.1, 0.15) is 23.2 Å². The topological polar surface area (TPSA) is 111 Å². The summed E-state index contributed by atoms with van der Waals surface area (Å²) in [5, 5.41) is 5.11. The van der Waals surface area contributed by atoms with Crippen LogP contribution in [0.4, 0.5) is 5.69 Å². The zero-order valence-corrected chi connectivity index (χ0v) is 12.2. The van der Waals surface area contributed by atoms with Crippen molar-refractivity contribution in [2.75, 3.05) is 12.4 Å². The molecule has 0 bridgehead atoms. The largest absolute Gasteiger partial charge is 0.469 e. The highest BCUT2D eigenvalue weighted by molar-refractivity contribution is 7.80. The fourth-order valence-electron chi connectivity index (χ4n) is 1.47. The summed E-state index contributed by atoms with van der Waals surface area (Å²) in [5.41, 5.74) is 5.87. The van der Waals surface area contributed by atoms with Crippen LogP contribution in [0.2, 0.25) is 0 Å². The third kappa shape index (κ3) is 5.57. The molecule has 2 amide bonds. The molecule has 0 aromatic heterocycles. The van der Waals surface area contributed by atoms with Gasteiger partial charge in [0.05, 0.1) is 24.8 Å². The molecular formula is C13H15N3O4S. The zero-order valence-electron chi connectivity index (χ0n) is 11.3. The van der Waals surface area contributed by atoms with E-state index in [1.807, 2.05) is 0 Å². The number of carbonyl (C=O) groups is 3. The van der Waals surface area contributed by atoms with E-state index in [9.17, 15) is 14.4 Å². The van der Waals surface area contributed by atoms with Gasteiger partial charge in [-0.25, -0.2) is 0 Å². The molecule has 0 unspecified atom stereocenters. The Bertz CT molecular complexity index is 574. The molecule has 112 valence electrons. The Hall–Kier alpha value is -2.48. The van der Waals surface area contributed by atoms with Crippen molar-refractivity contribution >= 4 is 40.8 Å². The number of thiocarbonyl (C=S) groups is 1. The lowest BCUT2D eigenvalue weighted by Crippen LogP contribution is -2.34. The molecule has 0 saturated carbocycles. The first-order valence-electron chi connectivity index (χ1n) is 6.00. The number of methoxy groups -OCH3 is 1. The second-order valence-electron chi connectivity index (χ2n) is 3.99. The maximum absolute atomic E-state index is 11.5. The highest BCUT2D eigenvalue weighted by Gasteiger charge is 2.11. The summed E-state index contributed by atoms with van der Waals surface area (Å²) >= 11 is 4.96. The minimum atomic E-state index is -0.613. The standard InChI is InChI=1S/C13H15N3O4S/c1-20-11(18)7-6-10(17)16-13(21)15-9-5-3-2-4-8(9)12(14)19/h2-5H,6-7H2,1H3,(H2,14,19)(H2,15,16,17,21). The van der Waals surface area contributed by atoms with E-state index in [1.165, 1.54) is 13.2 Å². The predicted molar refractivity (Wildman–Crippen MR) is 80.6 cm³/mol. The Morgan fingerprint density at radius 3 is 2.52 bits per heavy atom. The first-order valence-corrected chi connectivity index (χ1v) is 6.41. The number of amides is 2. The van der Waals surface area contributed by atoms with Gasteiger partial charge in [0.1, 0.15) is 0 Å². The Labute approximate surface area is 126 Å². The summed E-state index contributed by atoms with van der Waals surface area (Å²) in [6.07, 6.45) is -0.0885. The second kappa shape index (κ2) is 7.95. The van der Waals surface area contributed by atoms with E-state index < -0.39 is 17.8 Å². The molecule has 0 aliphatic heterocycles. The van der Waals surface area contributed by atoms with Crippen molar-refractivity contribution in [3.63, 3.8) is 0 Å². The van der Waals surface area contributed by atoms with Crippen LogP contribution in [0, 0.1) is 0 Å². The number of nitrogens with one attached hydrogen (secondary N) is 2. The van der Waals surface area contributed by atoms with Gasteiger partial charge < -0.3 is 21.1 Å². The van der Waals surface area contributed by atoms with Crippen LogP contribution < -0.4 is 16.4 Å². The van der Waals surface area contributed by atoms with Gasteiger partial charge in [-0.05, 0) is 24.4 Å². The maximum Gasteiger partial charge on any atom is 0.306 e. The zero-order chi connectivity index (χ0) is 15.8. The number of esters is 1. The van der Waals surface area contributed by atoms with E-state index in [-0.39, 0.29) is 23.5 Å². The summed E-state index contributed by atoms with van der Waals surface area (Å²) < 4.78 is 4.42. The van der Waals surface area contributed by atoms with Crippen LogP contribution in [-0.4, -0.2) is 30.0 Å². The number of carbonyl (C=O) groups excluding carboxylic acids is 3. The number of nitrogens with two attached hydrogens (primary N) is 1. The van der Waals surface area contributed by atoms with Gasteiger partial charge in [0.2, 0.25) is 5.91 Å². The minimum Gasteiger partial charge on any atom is -0.469 e. The van der Waals surface area contributed by atoms with Crippen LogP contribution in [0.15, 0.2) is 24.3 Å². The quantitative estimate of drug-likeness (QED) is 0.541. The number of para-hydroxylation sites is 1. The van der Waals surface area contributed by atoms with E-state index >= 15 is 0 Å². The molecule has 0 spiro atoms. The highest BCUT2D eigenvalue weighted by Crippen LogP contribution is 2.13. The number of hydrogen-bond donors (Lipinski definition) is 3. The number of primary amides is 1. The van der Waals surface area contributed by atoms with Crippen molar-refractivity contribution in [1.29, 1.82) is 0 Å². The van der Waals surface area contributed by atoms with E-state index in [2.05, 4.69) is 15.4 Å². The van der Waals surface area contributed by atoms with Gasteiger partial charge in [0.25, 0.3) is 5.91 Å². The van der Waals surface area contributed by atoms with Crippen LogP contribution in [0.25, 0.3) is 0 Å². The van der Waals surface area contributed by atoms with Crippen molar-refractivity contribution in [2.24, 2.45) is 5.73 Å². The number of anilines is 1. The summed E-state index contributed by atoms with van der Waals surface area (Å²) in [4.78, 5) is 33.7. The van der Waals surface area contributed by atoms with Crippen molar-refractivity contribution in [1.82, 2.24) is 5.32 Å². The lowest BCUT2D eigenvalue weighted by Gasteiger charge is -2.11. The number of ether oxygens (including phenoxy) is 1. The summed E-state index contributed by atoms with van der Waals surface area (Å²) in [6, 6.07) is 6.49. The van der Waals surface area contributed by atoms with Gasteiger partial charge in [-0.3, -0.25) is 14.4 Å². The second-order valence-corrected chi connectivity index (χ2v) is 4.40. The van der Waals surface area contributed by atoms with Gasteiger partial charge in [-0.2, -0.15) is 0 Å². The van der Waals surface area contributed by atoms with Crippen molar-refractivity contribution in [3.8, 4) is 0 Å². The van der Waals surface area contributed by atoms with Gasteiger partial charge >= 0.3 is 5.97 Å². The van der Waals surface area contributed by atoms with Gasteiger partial charge in [-0.15, -0.1) is 0 Å². The monoisotopic (exact) mass is 309 g/mol. The first-order chi connectivity index (χ1) is 9.93. The van der Waals surface area contributed by atoms with E-state index in [4.69, 9.17) is 18.0 Å². The van der Waals surface area contributed by atoms with Crippen LogP contribution in [0.5, 0.6) is 0 Å². The third-order valence-corrected chi connectivity index (χ3v) is 2.68. The van der Waals surface area contributed by atoms with E-state index in [1.54, 1.807) is 18.2 Å². The van der Waals surface area contributed by atoms with Crippen LogP contribution >= 0.6 is 12.2 Å². The molecule has 1 aromatic carbocycles. The average molecular weight is 309 g/mol. The van der Waals surface area contributed by atoms with Crippen molar-refractivity contribution < 1.29 is 19.1 Å². The summed E-state index contributed by atoms with van der Waals surface area (Å²) in [5.74, 6) is -1.53. The molecule has 0 aliphatic carbocycles. The maximum atomic E-state index is 11.5. The molecule has 0 atom stereocenters. The molecule has 0 heterocycles. The lowest BCUT2D eigenvalue weighted by atomic mass is 10.1. The van der Waals surface area contributed by atoms with E-state index in [0.29, 0.717) is 5.69 Å². The smallest absolute Gasteiger partial charge is 0.306 e. The fraction of sp³-hybridized carbons (Fsp3) is 0.231. The fourth-order valence-corrected chi connectivity index (χ4v) is 1.69. The number of benzene rings is 1. The SMILES string of the molecule is COC(=O)CCC(=O)NC(=S)Nc1ccccc1C(N)=O. The third-order valence-electron chi connectivity index (χ3n) is 2.48. The van der Waals surface area contributed by atoms with Gasteiger partial charge in [0.15, 0.2) is 5.11 Å². The molecule has 0 radical (unpaired) electrons. The molecule has 0 aliphatic rings. The Kier molecular flexibility index (Phi) is 6.28. The average Bonchev–Trinajstić information content (AvgIpc) is 2.44. The Morgan fingerprint density at radius 1 is 1.24 bits per heavy atom. The summed E-state index contributed by atoms with van der Waals surface area (Å²) in [6.45, 7) is 0. The molecule has 1 aromatic rings. The molecule has 4 N–H and O–H groups in total. The van der Waals surface area contributed by atoms with Crippen LogP contribution in [-0.2, 0) is 14.3 Å². The predicted octanol–water partition coefficient (Wildman–Crippen LogP) is 0.552. The molecule has 1 rings (SSSR count). The molecular weight excluding hydrogens is 294 g/mol. The Morgan fingerprint density at radius 2 is 1.90 bits per heavy atom. The summed E-state index contributed by atoms with van der Waals surface area (Å²) in [7, 11) is 1.24. The molecule has 8 heteroatoms. The molecule has 0 saturated heterocycles. The number of hydrogen-bond acceptors (Lipinski definition) is 5. The van der Waals surface area contributed by atoms with Crippen molar-refractivity contribution in [2.45, 2.75) is 12.8 Å². The normalized spacial score (nSPS) is 9.57. The highest BCUT2D eigenvalue weighted by atomic mass is 32.1. The lowest BCUT2D eigenvalue weighted by molar-refractivity contribution is -0.142. The Balaban J connectivity index is 2.56. The van der Waals surface area contributed by atoms with Gasteiger partial charge in [0, 0.05) is 6.42 Å². The van der Waals surface area contributed by atoms with E-state index in [0.717, 1.165) is 0 Å². The molecule has 7 nitrogen and oxygen atoms in total. The van der Waals surface area contributed by atoms with Crippen molar-refractivity contribution in [3.05, 3.63) is 29.8 Å². The molecule has 21 heavy (non-hydrogen) atoms. The van der Waals surface area contributed by atoms with Crippen LogP contribution in [0.3, 0.4) is 0 Å². The van der Waals surface area contributed by atoms with Gasteiger partial charge in [-0.1, -0.05) is 12.1 Å². The minimum absolute atomic E-state index is 0.0126. The first kappa shape index (κ1) is 16.6. The number of rotatable bonds is 5.